The molecular weight excluding hydrogens is 494 g/mol. The highest BCUT2D eigenvalue weighted by Gasteiger charge is 2.33. The molecule has 0 atom stereocenters. The zero-order valence-electron chi connectivity index (χ0n) is 20.4. The van der Waals surface area contributed by atoms with Gasteiger partial charge in [-0.15, -0.1) is 0 Å². The quantitative estimate of drug-likeness (QED) is 0.484. The highest BCUT2D eigenvalue weighted by Crippen LogP contribution is 2.28. The van der Waals surface area contributed by atoms with Crippen LogP contribution in [0.15, 0.2) is 53.4 Å². The van der Waals surface area contributed by atoms with Crippen LogP contribution in [-0.2, 0) is 21.2 Å². The summed E-state index contributed by atoms with van der Waals surface area (Å²) in [5.41, 5.74) is 2.43. The first-order valence-corrected chi connectivity index (χ1v) is 14.9. The number of amides is 1. The molecule has 3 aromatic rings. The lowest BCUT2D eigenvalue weighted by atomic mass is 9.90. The van der Waals surface area contributed by atoms with Crippen molar-refractivity contribution >= 4 is 38.7 Å². The van der Waals surface area contributed by atoms with Gasteiger partial charge in [0.1, 0.15) is 15.9 Å². The van der Waals surface area contributed by atoms with Gasteiger partial charge in [0.2, 0.25) is 15.9 Å². The fourth-order valence-electron chi connectivity index (χ4n) is 5.33. The van der Waals surface area contributed by atoms with E-state index in [0.29, 0.717) is 43.5 Å². The largest absolute Gasteiger partial charge is 0.355 e. The van der Waals surface area contributed by atoms with Gasteiger partial charge >= 0.3 is 0 Å². The number of piperidine rings is 2. The summed E-state index contributed by atoms with van der Waals surface area (Å²) in [4.78, 5) is 15.4. The average Bonchev–Trinajstić information content (AvgIpc) is 3.39. The third kappa shape index (κ3) is 5.77. The summed E-state index contributed by atoms with van der Waals surface area (Å²) in [6.45, 7) is 4.32. The van der Waals surface area contributed by atoms with E-state index in [4.69, 9.17) is 0 Å². The van der Waals surface area contributed by atoms with Crippen molar-refractivity contribution in [1.29, 1.82) is 0 Å². The summed E-state index contributed by atoms with van der Waals surface area (Å²) in [5.74, 6) is 0.625. The molecule has 0 saturated carbocycles. The van der Waals surface area contributed by atoms with Gasteiger partial charge < -0.3 is 10.2 Å². The van der Waals surface area contributed by atoms with Gasteiger partial charge in [-0.05, 0) is 68.8 Å². The van der Waals surface area contributed by atoms with Crippen LogP contribution in [0.3, 0.4) is 0 Å². The molecule has 2 aliphatic rings. The molecule has 1 N–H and O–H groups in total. The Hall–Kier alpha value is -2.40. The highest BCUT2D eigenvalue weighted by atomic mass is 32.2. The Morgan fingerprint density at radius 1 is 0.944 bits per heavy atom. The zero-order valence-corrected chi connectivity index (χ0v) is 22.0. The predicted octanol–water partition coefficient (Wildman–Crippen LogP) is 3.16. The van der Waals surface area contributed by atoms with E-state index in [0.717, 1.165) is 43.7 Å². The third-order valence-corrected chi connectivity index (χ3v) is 9.97. The number of nitrogens with one attached hydrogen (secondary N) is 1. The summed E-state index contributed by atoms with van der Waals surface area (Å²) in [5, 5.41) is 3.09. The molecule has 5 rings (SSSR count). The second-order valence-electron chi connectivity index (χ2n) is 9.83. The van der Waals surface area contributed by atoms with Gasteiger partial charge in [0.25, 0.3) is 0 Å². The molecule has 36 heavy (non-hydrogen) atoms. The zero-order chi connectivity index (χ0) is 25.0. The van der Waals surface area contributed by atoms with Crippen LogP contribution in [0.2, 0.25) is 0 Å². The number of sulfonamides is 1. The standard InChI is InChI=1S/C26H33N5O3S2/c32-26(27-13-18-30-14-9-21(10-15-30)19-20-5-2-1-3-6-20)22-11-16-31(17-12-22)36(33,34)24-8-4-7-23-25(24)29-35-28-23/h1-8,21-22H,9-19H2,(H,27,32). The SMILES string of the molecule is O=C(NCCN1CCC(Cc2ccccc2)CC1)C1CCN(S(=O)(=O)c2cccc3nsnc23)CC1. The van der Waals surface area contributed by atoms with Gasteiger partial charge in [-0.2, -0.15) is 13.1 Å². The maximum Gasteiger partial charge on any atom is 0.245 e. The van der Waals surface area contributed by atoms with Crippen LogP contribution in [0.5, 0.6) is 0 Å². The maximum absolute atomic E-state index is 13.2. The van der Waals surface area contributed by atoms with Crippen LogP contribution in [-0.4, -0.2) is 71.5 Å². The van der Waals surface area contributed by atoms with Gasteiger partial charge in [-0.25, -0.2) is 8.42 Å². The predicted molar refractivity (Wildman–Crippen MR) is 141 cm³/mol. The van der Waals surface area contributed by atoms with Crippen LogP contribution in [0.4, 0.5) is 0 Å². The number of nitrogens with zero attached hydrogens (tertiary/aromatic N) is 4. The van der Waals surface area contributed by atoms with E-state index in [2.05, 4.69) is 49.3 Å². The van der Waals surface area contributed by atoms with Crippen LogP contribution in [0, 0.1) is 11.8 Å². The first kappa shape index (κ1) is 25.3. The van der Waals surface area contributed by atoms with Crippen LogP contribution >= 0.6 is 11.7 Å². The molecule has 0 aliphatic carbocycles. The minimum atomic E-state index is -3.66. The van der Waals surface area contributed by atoms with Crippen LogP contribution in [0.25, 0.3) is 11.0 Å². The molecular formula is C26H33N5O3S2. The van der Waals surface area contributed by atoms with Gasteiger partial charge in [-0.1, -0.05) is 36.4 Å². The van der Waals surface area contributed by atoms with E-state index in [-0.39, 0.29) is 16.7 Å². The number of carbonyl (C=O) groups excluding carboxylic acids is 1. The maximum atomic E-state index is 13.2. The first-order valence-electron chi connectivity index (χ1n) is 12.8. The molecule has 2 fully saturated rings. The first-order chi connectivity index (χ1) is 17.5. The fourth-order valence-corrected chi connectivity index (χ4v) is 7.55. The van der Waals surface area contributed by atoms with Crippen molar-refractivity contribution in [2.24, 2.45) is 11.8 Å². The van der Waals surface area contributed by atoms with Crippen LogP contribution in [0.1, 0.15) is 31.2 Å². The van der Waals surface area contributed by atoms with Crippen molar-refractivity contribution < 1.29 is 13.2 Å². The number of likely N-dealkylation sites (tertiary alicyclic amines) is 1. The van der Waals surface area contributed by atoms with Crippen molar-refractivity contribution in [2.75, 3.05) is 39.3 Å². The molecule has 192 valence electrons. The minimum absolute atomic E-state index is 0.0387. The highest BCUT2D eigenvalue weighted by molar-refractivity contribution is 7.89. The summed E-state index contributed by atoms with van der Waals surface area (Å²) >= 11 is 1.01. The molecule has 0 spiro atoms. The molecule has 0 bridgehead atoms. The van der Waals surface area contributed by atoms with E-state index in [1.54, 1.807) is 18.2 Å². The lowest BCUT2D eigenvalue weighted by molar-refractivity contribution is -0.126. The second kappa shape index (κ2) is 11.3. The molecule has 8 nitrogen and oxygen atoms in total. The van der Waals surface area contributed by atoms with Crippen molar-refractivity contribution in [3.63, 3.8) is 0 Å². The van der Waals surface area contributed by atoms with Crippen LogP contribution < -0.4 is 5.32 Å². The van der Waals surface area contributed by atoms with Gasteiger partial charge in [0.05, 0.1) is 11.7 Å². The lowest BCUT2D eigenvalue weighted by Crippen LogP contribution is -2.45. The molecule has 10 heteroatoms. The monoisotopic (exact) mass is 527 g/mol. The minimum Gasteiger partial charge on any atom is -0.355 e. The smallest absolute Gasteiger partial charge is 0.245 e. The Balaban J connectivity index is 1.04. The van der Waals surface area contributed by atoms with Gasteiger partial charge in [0.15, 0.2) is 0 Å². The number of benzene rings is 2. The Morgan fingerprint density at radius 3 is 2.44 bits per heavy atom. The van der Waals surface area contributed by atoms with E-state index < -0.39 is 10.0 Å². The molecule has 0 radical (unpaired) electrons. The average molecular weight is 528 g/mol. The molecule has 3 heterocycles. The number of carbonyl (C=O) groups is 1. The Labute approximate surface area is 217 Å². The summed E-state index contributed by atoms with van der Waals surface area (Å²) in [6, 6.07) is 15.7. The van der Waals surface area contributed by atoms with E-state index >= 15 is 0 Å². The Kier molecular flexibility index (Phi) is 7.95. The summed E-state index contributed by atoms with van der Waals surface area (Å²) in [6.07, 6.45) is 4.60. The van der Waals surface area contributed by atoms with Crippen molar-refractivity contribution in [2.45, 2.75) is 37.0 Å². The number of hydrogen-bond donors (Lipinski definition) is 1. The molecule has 2 aliphatic heterocycles. The molecule has 2 saturated heterocycles. The molecule has 0 unspecified atom stereocenters. The van der Waals surface area contributed by atoms with E-state index in [1.807, 2.05) is 0 Å². The number of fused-ring (bicyclic) bond motifs is 1. The summed E-state index contributed by atoms with van der Waals surface area (Å²) < 4.78 is 36.2. The molecule has 1 amide bonds. The summed E-state index contributed by atoms with van der Waals surface area (Å²) in [7, 11) is -3.66. The lowest BCUT2D eigenvalue weighted by Gasteiger charge is -2.33. The topological polar surface area (TPSA) is 95.5 Å². The third-order valence-electron chi connectivity index (χ3n) is 7.49. The van der Waals surface area contributed by atoms with E-state index in [9.17, 15) is 13.2 Å². The van der Waals surface area contributed by atoms with Gasteiger partial charge in [0, 0.05) is 32.1 Å². The number of aromatic nitrogens is 2. The van der Waals surface area contributed by atoms with Gasteiger partial charge in [-0.3, -0.25) is 4.79 Å². The van der Waals surface area contributed by atoms with Crippen molar-refractivity contribution in [1.82, 2.24) is 23.3 Å². The van der Waals surface area contributed by atoms with E-state index in [1.165, 1.54) is 22.7 Å². The normalized spacial score (nSPS) is 19.0. The number of rotatable bonds is 8. The Morgan fingerprint density at radius 2 is 1.69 bits per heavy atom. The fraction of sp³-hybridized carbons (Fsp3) is 0.500. The Bertz CT molecular complexity index is 1260. The van der Waals surface area contributed by atoms with Crippen molar-refractivity contribution in [3.8, 4) is 0 Å². The molecule has 2 aromatic carbocycles. The molecule has 1 aromatic heterocycles. The van der Waals surface area contributed by atoms with Crippen molar-refractivity contribution in [3.05, 3.63) is 54.1 Å². The second-order valence-corrected chi connectivity index (χ2v) is 12.3. The number of hydrogen-bond acceptors (Lipinski definition) is 7.